The molecule has 1 heterocycles. The molecule has 1 aliphatic rings. The fourth-order valence-electron chi connectivity index (χ4n) is 2.50. The van der Waals surface area contributed by atoms with Gasteiger partial charge in [-0.1, -0.05) is 0 Å². The molecule has 24 heavy (non-hydrogen) atoms. The highest BCUT2D eigenvalue weighted by Crippen LogP contribution is 2.23. The fraction of sp³-hybridized carbons (Fsp3) is 0.294. The molecule has 1 fully saturated rings. The molecule has 0 aliphatic heterocycles. The number of benzene rings is 1. The largest absolute Gasteiger partial charge is 0.497 e. The minimum absolute atomic E-state index is 0. The maximum Gasteiger partial charge on any atom is 0.271 e. The molecule has 124 valence electrons. The summed E-state index contributed by atoms with van der Waals surface area (Å²) in [7, 11) is 1.62. The Bertz CT molecular complexity index is 770. The van der Waals surface area contributed by atoms with Crippen LogP contribution in [0.2, 0.25) is 0 Å². The molecular weight excluding hydrogens is 324 g/mol. The van der Waals surface area contributed by atoms with Gasteiger partial charge < -0.3 is 10.1 Å². The molecule has 1 aromatic heterocycles. The van der Waals surface area contributed by atoms with E-state index in [2.05, 4.69) is 37.7 Å². The number of aliphatic imine (C=N–C) groups is 1. The van der Waals surface area contributed by atoms with Gasteiger partial charge in [0.05, 0.1) is 36.4 Å². The van der Waals surface area contributed by atoms with E-state index in [1.165, 1.54) is 6.20 Å². The number of nitrogens with zero attached hydrogens (tertiary/aromatic N) is 3. The molecule has 1 aliphatic carbocycles. The Kier molecular flexibility index (Phi) is 4.93. The Morgan fingerprint density at radius 1 is 1.33 bits per heavy atom. The van der Waals surface area contributed by atoms with Gasteiger partial charge in [0.2, 0.25) is 0 Å². The lowest BCUT2D eigenvalue weighted by Crippen LogP contribution is -2.46. The lowest BCUT2D eigenvalue weighted by molar-refractivity contribution is 0.0905. The van der Waals surface area contributed by atoms with Crippen molar-refractivity contribution in [2.75, 3.05) is 7.11 Å². The third kappa shape index (κ3) is 3.64. The Labute approximate surface area is 146 Å². The molecule has 2 aromatic rings. The predicted molar refractivity (Wildman–Crippen MR) is 95.4 cm³/mol. The molecule has 0 saturated heterocycles. The highest BCUT2D eigenvalue weighted by atomic mass is 32.1. The highest BCUT2D eigenvalue weighted by Gasteiger charge is 2.30. The third-order valence-corrected chi connectivity index (χ3v) is 4.06. The zero-order valence-corrected chi connectivity index (χ0v) is 13.9. The zero-order valence-electron chi connectivity index (χ0n) is 13.1. The summed E-state index contributed by atoms with van der Waals surface area (Å²) in [5.74, 6) is 0.554. The van der Waals surface area contributed by atoms with Crippen LogP contribution < -0.4 is 10.1 Å². The monoisotopic (exact) mass is 342 g/mol. The van der Waals surface area contributed by atoms with E-state index < -0.39 is 0 Å². The smallest absolute Gasteiger partial charge is 0.271 e. The molecular formula is C17H18N4O2S. The van der Waals surface area contributed by atoms with E-state index in [9.17, 15) is 4.79 Å². The fourth-order valence-corrected chi connectivity index (χ4v) is 2.65. The van der Waals surface area contributed by atoms with Crippen molar-refractivity contribution >= 4 is 23.3 Å². The normalized spacial score (nSPS) is 18.9. The summed E-state index contributed by atoms with van der Waals surface area (Å²) >= 11 is 4.57. The minimum atomic E-state index is -0.224. The zero-order chi connectivity index (χ0) is 16.9. The average molecular weight is 342 g/mol. The maximum atomic E-state index is 12.1. The number of carbonyl (C=O) groups excluding carboxylic acids is 1. The van der Waals surface area contributed by atoms with Gasteiger partial charge in [-0.3, -0.25) is 9.78 Å². The second kappa shape index (κ2) is 7.29. The number of hydrogen-bond acceptors (Lipinski definition) is 6. The Morgan fingerprint density at radius 2 is 2.08 bits per heavy atom. The standard InChI is InChI=1S/C17H16N4O2S.H2/c1-23-14-4-2-11(3-5-14)15-8-19-16(9-18-15)17(22)21-13-6-12(7-13)20-10-24;/h2-5,8-9,12-13H,6-7H2,1H3,(H,21,22);1H. The number of nitrogens with one attached hydrogen (secondary N) is 1. The average Bonchev–Trinajstić information content (AvgIpc) is 2.60. The van der Waals surface area contributed by atoms with Crippen LogP contribution in [0.25, 0.3) is 11.3 Å². The van der Waals surface area contributed by atoms with Crippen molar-refractivity contribution < 1.29 is 11.0 Å². The molecule has 0 unspecified atom stereocenters. The van der Waals surface area contributed by atoms with Gasteiger partial charge in [0, 0.05) is 13.0 Å². The summed E-state index contributed by atoms with van der Waals surface area (Å²) in [4.78, 5) is 24.7. The van der Waals surface area contributed by atoms with Crippen LogP contribution >= 0.6 is 12.2 Å². The molecule has 7 heteroatoms. The summed E-state index contributed by atoms with van der Waals surface area (Å²) in [5.41, 5.74) is 1.91. The lowest BCUT2D eigenvalue weighted by atomic mass is 9.87. The highest BCUT2D eigenvalue weighted by molar-refractivity contribution is 7.78. The lowest BCUT2D eigenvalue weighted by Gasteiger charge is -2.32. The number of methoxy groups -OCH3 is 1. The first kappa shape index (κ1) is 16.2. The molecule has 1 aromatic carbocycles. The van der Waals surface area contributed by atoms with E-state index >= 15 is 0 Å². The number of hydrogen-bond donors (Lipinski definition) is 1. The van der Waals surface area contributed by atoms with Gasteiger partial charge in [-0.25, -0.2) is 9.98 Å². The number of isothiocyanates is 1. The third-order valence-electron chi connectivity index (χ3n) is 3.95. The van der Waals surface area contributed by atoms with Gasteiger partial charge in [-0.05, 0) is 49.3 Å². The van der Waals surface area contributed by atoms with Crippen LogP contribution in [0.5, 0.6) is 5.75 Å². The van der Waals surface area contributed by atoms with Gasteiger partial charge in [-0.2, -0.15) is 0 Å². The van der Waals surface area contributed by atoms with Gasteiger partial charge in [0.1, 0.15) is 11.4 Å². The van der Waals surface area contributed by atoms with Gasteiger partial charge >= 0.3 is 0 Å². The van der Waals surface area contributed by atoms with E-state index in [-0.39, 0.29) is 19.4 Å². The first-order valence-electron chi connectivity index (χ1n) is 7.54. The first-order valence-corrected chi connectivity index (χ1v) is 7.94. The Balaban J connectivity index is 0.00000225. The van der Waals surface area contributed by atoms with Crippen molar-refractivity contribution in [2.45, 2.75) is 24.9 Å². The van der Waals surface area contributed by atoms with Gasteiger partial charge in [-0.15, -0.1) is 0 Å². The van der Waals surface area contributed by atoms with E-state index in [1.54, 1.807) is 13.3 Å². The van der Waals surface area contributed by atoms with Crippen LogP contribution in [0.3, 0.4) is 0 Å². The second-order valence-electron chi connectivity index (χ2n) is 5.53. The Morgan fingerprint density at radius 3 is 2.67 bits per heavy atom. The number of ether oxygens (including phenoxy) is 1. The first-order chi connectivity index (χ1) is 11.7. The molecule has 6 nitrogen and oxygen atoms in total. The molecule has 1 amide bonds. The van der Waals surface area contributed by atoms with Crippen molar-refractivity contribution in [3.05, 3.63) is 42.4 Å². The van der Waals surface area contributed by atoms with Crippen LogP contribution in [-0.2, 0) is 0 Å². The van der Waals surface area contributed by atoms with E-state index in [0.717, 1.165) is 24.2 Å². The van der Waals surface area contributed by atoms with Crippen molar-refractivity contribution in [1.82, 2.24) is 15.3 Å². The maximum absolute atomic E-state index is 12.1. The van der Waals surface area contributed by atoms with Crippen molar-refractivity contribution in [2.24, 2.45) is 4.99 Å². The quantitative estimate of drug-likeness (QED) is 0.668. The van der Waals surface area contributed by atoms with E-state index in [1.807, 2.05) is 24.3 Å². The van der Waals surface area contributed by atoms with Crippen LogP contribution in [-0.4, -0.2) is 40.2 Å². The number of carbonyl (C=O) groups is 1. The summed E-state index contributed by atoms with van der Waals surface area (Å²) < 4.78 is 5.13. The summed E-state index contributed by atoms with van der Waals surface area (Å²) in [6, 6.07) is 7.79. The van der Waals surface area contributed by atoms with Gasteiger partial charge in [0.25, 0.3) is 5.91 Å². The Hall–Kier alpha value is -2.63. The second-order valence-corrected chi connectivity index (χ2v) is 5.71. The molecule has 1 N–H and O–H groups in total. The van der Waals surface area contributed by atoms with Gasteiger partial charge in [0.15, 0.2) is 0 Å². The van der Waals surface area contributed by atoms with E-state index in [0.29, 0.717) is 11.4 Å². The number of amides is 1. The van der Waals surface area contributed by atoms with E-state index in [4.69, 9.17) is 4.74 Å². The molecule has 1 saturated carbocycles. The van der Waals surface area contributed by atoms with Crippen molar-refractivity contribution in [3.8, 4) is 17.0 Å². The topological polar surface area (TPSA) is 76.5 Å². The summed E-state index contributed by atoms with van der Waals surface area (Å²) in [6.07, 6.45) is 4.65. The summed E-state index contributed by atoms with van der Waals surface area (Å²) in [6.45, 7) is 0. The number of rotatable bonds is 5. The van der Waals surface area contributed by atoms with Crippen molar-refractivity contribution in [1.29, 1.82) is 0 Å². The number of thiocarbonyl (C=S) groups is 1. The predicted octanol–water partition coefficient (Wildman–Crippen LogP) is 2.76. The molecule has 0 spiro atoms. The minimum Gasteiger partial charge on any atom is -0.497 e. The van der Waals surface area contributed by atoms with Crippen LogP contribution in [0.1, 0.15) is 24.8 Å². The summed E-state index contributed by atoms with van der Waals surface area (Å²) in [5, 5.41) is 5.29. The SMILES string of the molecule is COc1ccc(-c2cnc(C(=O)NC3CC(N=C=S)C3)cn2)cc1.[HH]. The van der Waals surface area contributed by atoms with Crippen LogP contribution in [0.4, 0.5) is 0 Å². The van der Waals surface area contributed by atoms with Crippen LogP contribution in [0.15, 0.2) is 41.7 Å². The molecule has 0 atom stereocenters. The molecule has 3 rings (SSSR count). The molecule has 0 bridgehead atoms. The van der Waals surface area contributed by atoms with Crippen molar-refractivity contribution in [3.63, 3.8) is 0 Å². The van der Waals surface area contributed by atoms with Crippen LogP contribution in [0, 0.1) is 0 Å². The number of aromatic nitrogens is 2. The molecule has 0 radical (unpaired) electrons.